The fourth-order valence-corrected chi connectivity index (χ4v) is 4.03. The van der Waals surface area contributed by atoms with Gasteiger partial charge >= 0.3 is 0 Å². The number of nitrogens with one attached hydrogen (secondary N) is 2. The Morgan fingerprint density at radius 1 is 1.12 bits per heavy atom. The van der Waals surface area contributed by atoms with Crippen LogP contribution in [0.3, 0.4) is 0 Å². The van der Waals surface area contributed by atoms with Gasteiger partial charge in [0.05, 0.1) is 18.7 Å². The summed E-state index contributed by atoms with van der Waals surface area (Å²) in [5.41, 5.74) is 0.484. The molecule has 0 bridgehead atoms. The lowest BCUT2D eigenvalue weighted by Gasteiger charge is -2.39. The van der Waals surface area contributed by atoms with Crippen LogP contribution >= 0.6 is 0 Å². The number of piperidine rings is 1. The Kier molecular flexibility index (Phi) is 12.7. The lowest BCUT2D eigenvalue weighted by molar-refractivity contribution is -0.138. The topological polar surface area (TPSA) is 102 Å². The van der Waals surface area contributed by atoms with Crippen molar-refractivity contribution >= 4 is 17.7 Å². The minimum atomic E-state index is -0.621. The van der Waals surface area contributed by atoms with Crippen LogP contribution in [0.1, 0.15) is 73.6 Å². The highest BCUT2D eigenvalue weighted by atomic mass is 16.3. The number of aliphatic hydroxyl groups excluding tert-OH is 1. The molecule has 1 aliphatic heterocycles. The van der Waals surface area contributed by atoms with Crippen LogP contribution < -0.4 is 10.6 Å². The summed E-state index contributed by atoms with van der Waals surface area (Å²) >= 11 is 0. The molecule has 1 rings (SSSR count). The van der Waals surface area contributed by atoms with Gasteiger partial charge in [-0.25, -0.2) is 0 Å². The number of likely N-dealkylation sites (N-methyl/N-ethyl adjacent to an activating group) is 1. The Hall–Kier alpha value is -1.93. The molecule has 0 spiro atoms. The predicted octanol–water partition coefficient (Wildman–Crippen LogP) is 2.07. The van der Waals surface area contributed by atoms with E-state index in [-0.39, 0.29) is 48.9 Å². The van der Waals surface area contributed by atoms with Gasteiger partial charge in [-0.15, -0.1) is 0 Å². The van der Waals surface area contributed by atoms with Gasteiger partial charge in [0.25, 0.3) is 0 Å². The number of rotatable bonds is 12. The SMILES string of the molecule is CCC(CO)NC(=O)/C(C)=C/CN(C)C(=O)C(NC(=O)C1CCCCN1C(C)CC)C(C)C. The first kappa shape index (κ1) is 29.1. The summed E-state index contributed by atoms with van der Waals surface area (Å²) in [5, 5.41) is 15.1. The summed E-state index contributed by atoms with van der Waals surface area (Å²) in [7, 11) is 1.68. The maximum Gasteiger partial charge on any atom is 0.246 e. The summed E-state index contributed by atoms with van der Waals surface area (Å²) in [6.07, 6.45) is 6.25. The Morgan fingerprint density at radius 3 is 2.33 bits per heavy atom. The van der Waals surface area contributed by atoms with Crippen LogP contribution in [0.5, 0.6) is 0 Å². The minimum absolute atomic E-state index is 0.0622. The lowest BCUT2D eigenvalue weighted by Crippen LogP contribution is -2.58. The van der Waals surface area contributed by atoms with Gasteiger partial charge in [-0.05, 0) is 52.0 Å². The Morgan fingerprint density at radius 2 is 1.79 bits per heavy atom. The van der Waals surface area contributed by atoms with Crippen molar-refractivity contribution in [1.29, 1.82) is 0 Å². The summed E-state index contributed by atoms with van der Waals surface area (Å²) in [5.74, 6) is -0.563. The number of amides is 3. The fraction of sp³-hybridized carbons (Fsp3) is 0.800. The Bertz CT molecular complexity index is 675. The van der Waals surface area contributed by atoms with Crippen molar-refractivity contribution < 1.29 is 19.5 Å². The monoisotopic (exact) mass is 466 g/mol. The molecule has 4 atom stereocenters. The maximum atomic E-state index is 13.2. The standard InChI is InChI=1S/C25H46N4O4/c1-8-19(6)29-14-11-10-12-21(29)24(32)27-22(17(3)4)25(33)28(7)15-13-18(5)23(31)26-20(9-2)16-30/h13,17,19-22,30H,8-12,14-16H2,1-7H3,(H,26,31)(H,27,32)/b18-13+. The molecule has 1 saturated heterocycles. The van der Waals surface area contributed by atoms with E-state index in [0.717, 1.165) is 32.2 Å². The molecular formula is C25H46N4O4. The van der Waals surface area contributed by atoms with E-state index in [0.29, 0.717) is 18.0 Å². The first-order chi connectivity index (χ1) is 15.6. The third-order valence-electron chi connectivity index (χ3n) is 6.69. The second-order valence-electron chi connectivity index (χ2n) is 9.60. The zero-order chi connectivity index (χ0) is 25.1. The van der Waals surface area contributed by atoms with Crippen LogP contribution in [0.15, 0.2) is 11.6 Å². The van der Waals surface area contributed by atoms with Crippen LogP contribution in [0, 0.1) is 5.92 Å². The van der Waals surface area contributed by atoms with E-state index in [1.165, 1.54) is 0 Å². The molecule has 0 aromatic heterocycles. The third-order valence-corrected chi connectivity index (χ3v) is 6.69. The summed E-state index contributed by atoms with van der Waals surface area (Å²) in [6.45, 7) is 12.8. The fourth-order valence-electron chi connectivity index (χ4n) is 4.03. The molecule has 0 aliphatic carbocycles. The molecule has 8 nitrogen and oxygen atoms in total. The van der Waals surface area contributed by atoms with Gasteiger partial charge < -0.3 is 20.6 Å². The van der Waals surface area contributed by atoms with Gasteiger partial charge in [-0.1, -0.05) is 40.2 Å². The molecule has 0 radical (unpaired) electrons. The molecule has 1 heterocycles. The number of hydrogen-bond acceptors (Lipinski definition) is 5. The molecule has 190 valence electrons. The van der Waals surface area contributed by atoms with Crippen LogP contribution in [0.25, 0.3) is 0 Å². The number of hydrogen-bond donors (Lipinski definition) is 3. The highest BCUT2D eigenvalue weighted by Crippen LogP contribution is 2.21. The number of aliphatic hydroxyl groups is 1. The highest BCUT2D eigenvalue weighted by Gasteiger charge is 2.34. The summed E-state index contributed by atoms with van der Waals surface area (Å²) in [4.78, 5) is 42.4. The molecule has 3 N–H and O–H groups in total. The quantitative estimate of drug-likeness (QED) is 0.382. The number of nitrogens with zero attached hydrogens (tertiary/aromatic N) is 2. The van der Waals surface area contributed by atoms with Crippen molar-refractivity contribution in [2.75, 3.05) is 26.7 Å². The molecule has 1 aliphatic rings. The molecule has 1 fully saturated rings. The van der Waals surface area contributed by atoms with Crippen molar-refractivity contribution in [2.24, 2.45) is 5.92 Å². The number of carbonyl (C=O) groups is 3. The van der Waals surface area contributed by atoms with E-state index in [1.54, 1.807) is 24.9 Å². The van der Waals surface area contributed by atoms with Gasteiger partial charge in [-0.2, -0.15) is 0 Å². The van der Waals surface area contributed by atoms with Gasteiger partial charge in [0.15, 0.2) is 0 Å². The molecule has 33 heavy (non-hydrogen) atoms. The van der Waals surface area contributed by atoms with Gasteiger partial charge in [-0.3, -0.25) is 19.3 Å². The van der Waals surface area contributed by atoms with Crippen molar-refractivity contribution in [3.8, 4) is 0 Å². The van der Waals surface area contributed by atoms with Gasteiger partial charge in [0.2, 0.25) is 17.7 Å². The zero-order valence-corrected chi connectivity index (χ0v) is 21.7. The van der Waals surface area contributed by atoms with E-state index in [2.05, 4.69) is 29.4 Å². The second kappa shape index (κ2) is 14.4. The second-order valence-corrected chi connectivity index (χ2v) is 9.60. The minimum Gasteiger partial charge on any atom is -0.394 e. The highest BCUT2D eigenvalue weighted by molar-refractivity contribution is 5.93. The molecule has 3 amide bonds. The first-order valence-corrected chi connectivity index (χ1v) is 12.5. The lowest BCUT2D eigenvalue weighted by atomic mass is 9.96. The largest absolute Gasteiger partial charge is 0.394 e. The Labute approximate surface area is 200 Å². The zero-order valence-electron chi connectivity index (χ0n) is 21.7. The van der Waals surface area contributed by atoms with Crippen molar-refractivity contribution in [2.45, 2.75) is 97.8 Å². The van der Waals surface area contributed by atoms with E-state index >= 15 is 0 Å². The molecular weight excluding hydrogens is 420 g/mol. The van der Waals surface area contributed by atoms with Gasteiger partial charge in [0, 0.05) is 25.2 Å². The van der Waals surface area contributed by atoms with E-state index in [4.69, 9.17) is 0 Å². The number of carbonyl (C=O) groups excluding carboxylic acids is 3. The molecule has 8 heteroatoms. The molecule has 0 saturated carbocycles. The van der Waals surface area contributed by atoms with Crippen LogP contribution in [0.2, 0.25) is 0 Å². The van der Waals surface area contributed by atoms with Crippen molar-refractivity contribution in [1.82, 2.24) is 20.4 Å². The molecule has 0 aromatic carbocycles. The van der Waals surface area contributed by atoms with Crippen LogP contribution in [0.4, 0.5) is 0 Å². The maximum absolute atomic E-state index is 13.2. The average Bonchev–Trinajstić information content (AvgIpc) is 2.82. The van der Waals surface area contributed by atoms with E-state index < -0.39 is 6.04 Å². The smallest absolute Gasteiger partial charge is 0.246 e. The number of likely N-dealkylation sites (tertiary alicyclic amines) is 1. The summed E-state index contributed by atoms with van der Waals surface area (Å²) in [6, 6.07) is -0.772. The van der Waals surface area contributed by atoms with Crippen LogP contribution in [-0.2, 0) is 14.4 Å². The molecule has 4 unspecified atom stereocenters. The van der Waals surface area contributed by atoms with E-state index in [1.807, 2.05) is 20.8 Å². The summed E-state index contributed by atoms with van der Waals surface area (Å²) < 4.78 is 0. The third kappa shape index (κ3) is 8.74. The molecule has 0 aromatic rings. The average molecular weight is 467 g/mol. The first-order valence-electron chi connectivity index (χ1n) is 12.5. The van der Waals surface area contributed by atoms with Crippen LogP contribution in [-0.4, -0.2) is 83.5 Å². The van der Waals surface area contributed by atoms with Crippen molar-refractivity contribution in [3.05, 3.63) is 11.6 Å². The Balaban J connectivity index is 2.81. The predicted molar refractivity (Wildman–Crippen MR) is 132 cm³/mol. The normalized spacial score (nSPS) is 20.2. The van der Waals surface area contributed by atoms with Crippen molar-refractivity contribution in [3.63, 3.8) is 0 Å². The van der Waals surface area contributed by atoms with E-state index in [9.17, 15) is 19.5 Å². The van der Waals surface area contributed by atoms with Gasteiger partial charge in [0.1, 0.15) is 6.04 Å².